The van der Waals surface area contributed by atoms with Crippen molar-refractivity contribution < 1.29 is 14.6 Å². The van der Waals surface area contributed by atoms with Crippen molar-refractivity contribution in [3.63, 3.8) is 0 Å². The first kappa shape index (κ1) is 23.3. The summed E-state index contributed by atoms with van der Waals surface area (Å²) in [6.45, 7) is 9.27. The molecule has 0 radical (unpaired) electrons. The molecule has 6 heteroatoms. The number of likely N-dealkylation sites (N-methyl/N-ethyl adjacent to an activating group) is 1. The first-order chi connectivity index (χ1) is 14.7. The third-order valence-electron chi connectivity index (χ3n) is 6.49. The highest BCUT2D eigenvalue weighted by molar-refractivity contribution is 5.43. The fraction of sp³-hybridized carbons (Fsp3) is 0.750. The zero-order valence-corrected chi connectivity index (χ0v) is 18.9. The quantitative estimate of drug-likeness (QED) is 0.569. The standard InChI is InChI=1S/C24H41N3O3/c1-3-26-12-14-27(15-13-26)18-22(28)19-30-23-11-10-20(16-24(23)29-2)17-25-21-8-6-4-5-7-9-21/h10-11,16,21-22,25,28H,3-9,12-15,17-19H2,1-2H3. The fourth-order valence-corrected chi connectivity index (χ4v) is 4.51. The molecule has 2 fully saturated rings. The minimum atomic E-state index is -0.500. The summed E-state index contributed by atoms with van der Waals surface area (Å²) in [6.07, 6.45) is 7.49. The predicted octanol–water partition coefficient (Wildman–Crippen LogP) is 2.88. The van der Waals surface area contributed by atoms with Crippen molar-refractivity contribution in [1.82, 2.24) is 15.1 Å². The van der Waals surface area contributed by atoms with E-state index in [1.807, 2.05) is 6.07 Å². The molecule has 0 aromatic heterocycles. The second-order valence-corrected chi connectivity index (χ2v) is 8.75. The van der Waals surface area contributed by atoms with Crippen molar-refractivity contribution in [2.24, 2.45) is 0 Å². The Hall–Kier alpha value is -1.34. The van der Waals surface area contributed by atoms with Crippen molar-refractivity contribution in [3.05, 3.63) is 23.8 Å². The van der Waals surface area contributed by atoms with Gasteiger partial charge in [-0.1, -0.05) is 38.7 Å². The summed E-state index contributed by atoms with van der Waals surface area (Å²) in [4.78, 5) is 4.76. The summed E-state index contributed by atoms with van der Waals surface area (Å²) in [5.41, 5.74) is 1.21. The maximum atomic E-state index is 10.4. The van der Waals surface area contributed by atoms with E-state index in [-0.39, 0.29) is 6.61 Å². The van der Waals surface area contributed by atoms with Gasteiger partial charge in [-0.05, 0) is 37.1 Å². The van der Waals surface area contributed by atoms with Gasteiger partial charge in [0.05, 0.1) is 7.11 Å². The number of ether oxygens (including phenoxy) is 2. The minimum absolute atomic E-state index is 0.282. The monoisotopic (exact) mass is 419 g/mol. The van der Waals surface area contributed by atoms with Gasteiger partial charge in [0, 0.05) is 45.3 Å². The Kier molecular flexibility index (Phi) is 9.72. The Balaban J connectivity index is 1.43. The van der Waals surface area contributed by atoms with E-state index in [1.54, 1.807) is 7.11 Å². The zero-order valence-electron chi connectivity index (χ0n) is 18.9. The summed E-state index contributed by atoms with van der Waals surface area (Å²) < 4.78 is 11.5. The number of piperazine rings is 1. The molecule has 1 saturated carbocycles. The van der Waals surface area contributed by atoms with Gasteiger partial charge in [-0.2, -0.15) is 0 Å². The van der Waals surface area contributed by atoms with E-state index in [9.17, 15) is 5.11 Å². The number of β-amino-alcohol motifs (C(OH)–C–C–N with tert-alkyl or cyclic N) is 1. The number of hydrogen-bond acceptors (Lipinski definition) is 6. The largest absolute Gasteiger partial charge is 0.493 e. The van der Waals surface area contributed by atoms with Crippen LogP contribution in [0.25, 0.3) is 0 Å². The summed E-state index contributed by atoms with van der Waals surface area (Å²) in [6, 6.07) is 6.74. The summed E-state index contributed by atoms with van der Waals surface area (Å²) in [7, 11) is 1.67. The van der Waals surface area contributed by atoms with E-state index in [4.69, 9.17) is 9.47 Å². The number of nitrogens with zero attached hydrogens (tertiary/aromatic N) is 2. The number of methoxy groups -OCH3 is 1. The number of hydrogen-bond donors (Lipinski definition) is 2. The number of benzene rings is 1. The van der Waals surface area contributed by atoms with Crippen LogP contribution in [0.2, 0.25) is 0 Å². The first-order valence-corrected chi connectivity index (χ1v) is 11.8. The highest BCUT2D eigenvalue weighted by atomic mass is 16.5. The van der Waals surface area contributed by atoms with Crippen LogP contribution in [0.5, 0.6) is 11.5 Å². The second-order valence-electron chi connectivity index (χ2n) is 8.75. The predicted molar refractivity (Wildman–Crippen MR) is 121 cm³/mol. The van der Waals surface area contributed by atoms with E-state index in [1.165, 1.54) is 44.1 Å². The van der Waals surface area contributed by atoms with E-state index in [0.29, 0.717) is 18.3 Å². The Bertz CT molecular complexity index is 612. The molecule has 1 aliphatic heterocycles. The topological polar surface area (TPSA) is 57.2 Å². The van der Waals surface area contributed by atoms with Crippen LogP contribution in [-0.4, -0.2) is 80.0 Å². The maximum Gasteiger partial charge on any atom is 0.161 e. The Morgan fingerprint density at radius 1 is 1.03 bits per heavy atom. The molecule has 0 spiro atoms. The number of rotatable bonds is 10. The van der Waals surface area contributed by atoms with Crippen LogP contribution in [0, 0.1) is 0 Å². The van der Waals surface area contributed by atoms with Gasteiger partial charge in [-0.15, -0.1) is 0 Å². The molecule has 1 aliphatic carbocycles. The highest BCUT2D eigenvalue weighted by Crippen LogP contribution is 2.28. The molecule has 1 heterocycles. The van der Waals surface area contributed by atoms with Gasteiger partial charge in [0.2, 0.25) is 0 Å². The van der Waals surface area contributed by atoms with Crippen LogP contribution >= 0.6 is 0 Å². The number of aliphatic hydroxyl groups is 1. The van der Waals surface area contributed by atoms with E-state index in [0.717, 1.165) is 45.0 Å². The SMILES string of the molecule is CCN1CCN(CC(O)COc2ccc(CNC3CCCCCC3)cc2OC)CC1. The van der Waals surface area contributed by atoms with Crippen LogP contribution in [0.15, 0.2) is 18.2 Å². The van der Waals surface area contributed by atoms with Crippen molar-refractivity contribution in [1.29, 1.82) is 0 Å². The molecule has 3 rings (SSSR count). The molecule has 30 heavy (non-hydrogen) atoms. The van der Waals surface area contributed by atoms with Crippen molar-refractivity contribution in [2.75, 3.05) is 53.0 Å². The molecule has 1 saturated heterocycles. The van der Waals surface area contributed by atoms with Gasteiger partial charge in [0.1, 0.15) is 12.7 Å². The molecular weight excluding hydrogens is 378 g/mol. The summed E-state index contributed by atoms with van der Waals surface area (Å²) >= 11 is 0. The molecule has 1 aromatic rings. The zero-order chi connectivity index (χ0) is 21.2. The first-order valence-electron chi connectivity index (χ1n) is 11.8. The maximum absolute atomic E-state index is 10.4. The van der Waals surface area contributed by atoms with Crippen LogP contribution in [0.1, 0.15) is 51.0 Å². The fourth-order valence-electron chi connectivity index (χ4n) is 4.51. The van der Waals surface area contributed by atoms with E-state index >= 15 is 0 Å². The number of nitrogens with one attached hydrogen (secondary N) is 1. The molecule has 170 valence electrons. The molecule has 6 nitrogen and oxygen atoms in total. The van der Waals surface area contributed by atoms with Gasteiger partial charge < -0.3 is 24.8 Å². The van der Waals surface area contributed by atoms with Crippen molar-refractivity contribution in [3.8, 4) is 11.5 Å². The highest BCUT2D eigenvalue weighted by Gasteiger charge is 2.19. The molecule has 0 bridgehead atoms. The van der Waals surface area contributed by atoms with Crippen LogP contribution < -0.4 is 14.8 Å². The van der Waals surface area contributed by atoms with Crippen molar-refractivity contribution >= 4 is 0 Å². The van der Waals surface area contributed by atoms with E-state index < -0.39 is 6.10 Å². The molecule has 1 unspecified atom stereocenters. The van der Waals surface area contributed by atoms with Crippen LogP contribution in [0.3, 0.4) is 0 Å². The van der Waals surface area contributed by atoms with Gasteiger partial charge in [-0.3, -0.25) is 4.90 Å². The van der Waals surface area contributed by atoms with Gasteiger partial charge in [0.25, 0.3) is 0 Å². The molecule has 2 N–H and O–H groups in total. The lowest BCUT2D eigenvalue weighted by Crippen LogP contribution is -2.49. The van der Waals surface area contributed by atoms with E-state index in [2.05, 4.69) is 34.2 Å². The number of aliphatic hydroxyl groups excluding tert-OH is 1. The lowest BCUT2D eigenvalue weighted by Gasteiger charge is -2.34. The van der Waals surface area contributed by atoms with Gasteiger partial charge in [0.15, 0.2) is 11.5 Å². The molecule has 1 atom stereocenters. The Labute approximate surface area is 182 Å². The second kappa shape index (κ2) is 12.5. The third-order valence-corrected chi connectivity index (χ3v) is 6.49. The molecule has 1 aromatic carbocycles. The summed E-state index contributed by atoms with van der Waals surface area (Å²) in [5.74, 6) is 1.43. The third kappa shape index (κ3) is 7.41. The Morgan fingerprint density at radius 2 is 1.73 bits per heavy atom. The normalized spacial score (nSPS) is 20.6. The van der Waals surface area contributed by atoms with Gasteiger partial charge >= 0.3 is 0 Å². The lowest BCUT2D eigenvalue weighted by molar-refractivity contribution is 0.0464. The van der Waals surface area contributed by atoms with Crippen LogP contribution in [-0.2, 0) is 6.54 Å². The summed E-state index contributed by atoms with van der Waals surface area (Å²) in [5, 5.41) is 14.1. The minimum Gasteiger partial charge on any atom is -0.493 e. The molecule has 0 amide bonds. The van der Waals surface area contributed by atoms with Crippen molar-refractivity contribution in [2.45, 2.75) is 64.1 Å². The smallest absolute Gasteiger partial charge is 0.161 e. The molecular formula is C24H41N3O3. The lowest BCUT2D eigenvalue weighted by atomic mass is 10.1. The average Bonchev–Trinajstić information content (AvgIpc) is 3.06. The molecule has 2 aliphatic rings. The Morgan fingerprint density at radius 3 is 2.40 bits per heavy atom. The van der Waals surface area contributed by atoms with Crippen LogP contribution in [0.4, 0.5) is 0 Å². The average molecular weight is 420 g/mol. The van der Waals surface area contributed by atoms with Gasteiger partial charge in [-0.25, -0.2) is 0 Å².